The molecule has 1 rings (SSSR count). The summed E-state index contributed by atoms with van der Waals surface area (Å²) < 4.78 is 0. The van der Waals surface area contributed by atoms with E-state index in [0.717, 1.165) is 0 Å². The van der Waals surface area contributed by atoms with Gasteiger partial charge in [0.2, 0.25) is 65.0 Å². The summed E-state index contributed by atoms with van der Waals surface area (Å²) in [4.78, 5) is 161. The molecule has 0 aliphatic carbocycles. The normalized spacial score (nSPS) is 14.0. The number of carboxylic acid groups (broad SMARTS) is 2. The Kier molecular flexibility index (Phi) is 26.9. The number of nitrogens with one attached hydrogen (secondary N) is 11. The number of benzene rings is 1. The lowest BCUT2D eigenvalue weighted by atomic mass is 10.0. The van der Waals surface area contributed by atoms with Crippen molar-refractivity contribution in [2.75, 3.05) is 46.0 Å². The maximum absolute atomic E-state index is 13.0. The van der Waals surface area contributed by atoms with E-state index in [0.29, 0.717) is 5.56 Å². The van der Waals surface area contributed by atoms with Crippen LogP contribution in [0.2, 0.25) is 0 Å². The van der Waals surface area contributed by atoms with Gasteiger partial charge in [-0.15, -0.1) is 0 Å². The minimum absolute atomic E-state index is 0.135. The minimum atomic E-state index is -1.68. The molecule has 30 heteroatoms. The Hall–Kier alpha value is -7.83. The van der Waals surface area contributed by atoms with E-state index in [9.17, 15) is 82.8 Å². The smallest absolute Gasteiger partial charge is 0.326 e. The molecule has 0 fully saturated rings. The number of amides is 11. The average molecular weight is 997 g/mol. The number of carbonyl (C=O) groups is 13. The molecule has 0 unspecified atom stereocenters. The fourth-order valence-corrected chi connectivity index (χ4v) is 5.53. The van der Waals surface area contributed by atoms with Gasteiger partial charge in [0, 0.05) is 12.8 Å². The standard InChI is InChI=1S/C40H60N12O18/c1-19(45-35(64)21(3)47-39(68)27(18-55)51-31(59)14-43-34(63)20(2)46-38(67)26(17-54)49-28(56)12-41)33(62)42-13-30(58)50-25(16-53)36(65)44-15-29(57)48-23(9-10-32(60)61)37(66)52-24(40(69)70)11-22-7-5-4-6-8-22/h4-8,19-21,23-27,53-55H,9-18,41H2,1-3H3,(H,42,62)(H,43,63)(H,44,65)(H,45,64)(H,46,67)(H,47,68)(H,48,57)(H,49,56)(H,50,58)(H,51,59)(H,52,66)(H,60,61)(H,69,70)/t19-,20-,21-,23-,24-,25-,26-,27-/m0/s1. The molecule has 0 aromatic heterocycles. The molecule has 0 radical (unpaired) electrons. The molecule has 0 aliphatic rings. The van der Waals surface area contributed by atoms with Crippen LogP contribution in [0.3, 0.4) is 0 Å². The van der Waals surface area contributed by atoms with Crippen LogP contribution in [0.4, 0.5) is 0 Å². The lowest BCUT2D eigenvalue weighted by molar-refractivity contribution is -0.143. The maximum atomic E-state index is 13.0. The third kappa shape index (κ3) is 22.8. The second-order valence-corrected chi connectivity index (χ2v) is 15.1. The zero-order chi connectivity index (χ0) is 53.1. The molecule has 0 aliphatic heterocycles. The summed E-state index contributed by atoms with van der Waals surface area (Å²) in [7, 11) is 0. The van der Waals surface area contributed by atoms with Crippen molar-refractivity contribution in [3.63, 3.8) is 0 Å². The van der Waals surface area contributed by atoms with Gasteiger partial charge in [0.25, 0.3) is 0 Å². The molecule has 70 heavy (non-hydrogen) atoms. The van der Waals surface area contributed by atoms with E-state index in [1.165, 1.54) is 20.8 Å². The first-order valence-electron chi connectivity index (χ1n) is 21.2. The van der Waals surface area contributed by atoms with Crippen molar-refractivity contribution >= 4 is 76.9 Å². The summed E-state index contributed by atoms with van der Waals surface area (Å²) in [5.74, 6) is -13.4. The molecule has 388 valence electrons. The van der Waals surface area contributed by atoms with E-state index in [2.05, 4.69) is 58.5 Å². The highest BCUT2D eigenvalue weighted by molar-refractivity contribution is 5.97. The lowest BCUT2D eigenvalue weighted by Crippen LogP contribution is -2.58. The first-order chi connectivity index (χ1) is 33.0. The van der Waals surface area contributed by atoms with Gasteiger partial charge in [-0.25, -0.2) is 4.79 Å². The highest BCUT2D eigenvalue weighted by Gasteiger charge is 2.30. The molecule has 30 nitrogen and oxygen atoms in total. The number of nitrogens with two attached hydrogens (primary N) is 1. The number of hydrogen-bond donors (Lipinski definition) is 17. The van der Waals surface area contributed by atoms with Crippen molar-refractivity contribution in [3.05, 3.63) is 35.9 Å². The third-order valence-electron chi connectivity index (χ3n) is 9.41. The molecule has 18 N–H and O–H groups in total. The van der Waals surface area contributed by atoms with Gasteiger partial charge in [-0.1, -0.05) is 30.3 Å². The zero-order valence-electron chi connectivity index (χ0n) is 38.2. The minimum Gasteiger partial charge on any atom is -0.481 e. The Morgan fingerprint density at radius 1 is 0.457 bits per heavy atom. The number of carboxylic acids is 2. The highest BCUT2D eigenvalue weighted by Crippen LogP contribution is 2.06. The number of aliphatic hydroxyl groups is 3. The van der Waals surface area contributed by atoms with Gasteiger partial charge < -0.3 is 89.8 Å². The quantitative estimate of drug-likeness (QED) is 0.0328. The topological polar surface area (TPSA) is 481 Å². The molecule has 0 bridgehead atoms. The third-order valence-corrected chi connectivity index (χ3v) is 9.41. The van der Waals surface area contributed by atoms with Crippen LogP contribution in [0.1, 0.15) is 39.2 Å². The molecule has 11 amide bonds. The van der Waals surface area contributed by atoms with E-state index >= 15 is 0 Å². The average Bonchev–Trinajstić information content (AvgIpc) is 3.32. The van der Waals surface area contributed by atoms with E-state index in [1.807, 2.05) is 0 Å². The second kappa shape index (κ2) is 31.3. The summed E-state index contributed by atoms with van der Waals surface area (Å²) >= 11 is 0. The van der Waals surface area contributed by atoms with Crippen LogP contribution in [0.5, 0.6) is 0 Å². The van der Waals surface area contributed by atoms with Gasteiger partial charge in [0.1, 0.15) is 48.3 Å². The largest absolute Gasteiger partial charge is 0.481 e. The molecule has 0 spiro atoms. The van der Waals surface area contributed by atoms with Gasteiger partial charge in [0.15, 0.2) is 0 Å². The predicted octanol–water partition coefficient (Wildman–Crippen LogP) is -9.60. The number of carbonyl (C=O) groups excluding carboxylic acids is 11. The molecular weight excluding hydrogens is 937 g/mol. The molecule has 0 saturated carbocycles. The second-order valence-electron chi connectivity index (χ2n) is 15.1. The Morgan fingerprint density at radius 3 is 1.24 bits per heavy atom. The van der Waals surface area contributed by atoms with E-state index in [4.69, 9.17) is 10.8 Å². The Balaban J connectivity index is 2.63. The lowest BCUT2D eigenvalue weighted by Gasteiger charge is -2.22. The summed E-state index contributed by atoms with van der Waals surface area (Å²) in [6.45, 7) is -2.05. The Labute approximate surface area is 398 Å². The summed E-state index contributed by atoms with van der Waals surface area (Å²) in [6.07, 6.45) is -1.20. The predicted molar refractivity (Wildman–Crippen MR) is 236 cm³/mol. The highest BCUT2D eigenvalue weighted by atomic mass is 16.4. The van der Waals surface area contributed by atoms with E-state index in [-0.39, 0.29) is 6.42 Å². The van der Waals surface area contributed by atoms with Crippen LogP contribution in [-0.2, 0) is 68.7 Å². The molecular formula is C40H60N12O18. The first kappa shape index (κ1) is 60.2. The number of hydrogen-bond acceptors (Lipinski definition) is 17. The fourth-order valence-electron chi connectivity index (χ4n) is 5.53. The van der Waals surface area contributed by atoms with Gasteiger partial charge in [-0.3, -0.25) is 57.5 Å². The molecule has 1 aromatic carbocycles. The summed E-state index contributed by atoms with van der Waals surface area (Å²) in [5.41, 5.74) is 5.72. The SMILES string of the molecule is C[C@H](NC(=O)[C@H](C)NC(=O)[C@H](CO)NC(=O)CNC(=O)[C@H](C)NC(=O)[C@H](CO)NC(=O)CN)C(=O)NCC(=O)N[C@@H](CO)C(=O)NCC(=O)N[C@@H](CCC(=O)O)C(=O)N[C@@H](Cc1ccccc1)C(=O)O. The van der Waals surface area contributed by atoms with Crippen LogP contribution < -0.4 is 64.2 Å². The van der Waals surface area contributed by atoms with Crippen molar-refractivity contribution in [2.24, 2.45) is 5.73 Å². The van der Waals surface area contributed by atoms with Crippen LogP contribution >= 0.6 is 0 Å². The summed E-state index contributed by atoms with van der Waals surface area (Å²) in [6, 6.07) is -3.49. The molecule has 0 saturated heterocycles. The van der Waals surface area contributed by atoms with E-state index in [1.54, 1.807) is 30.3 Å². The monoisotopic (exact) mass is 996 g/mol. The van der Waals surface area contributed by atoms with Gasteiger partial charge in [-0.2, -0.15) is 0 Å². The molecule has 0 heterocycles. The van der Waals surface area contributed by atoms with Crippen molar-refractivity contribution in [3.8, 4) is 0 Å². The zero-order valence-corrected chi connectivity index (χ0v) is 38.2. The van der Waals surface area contributed by atoms with Gasteiger partial charge in [-0.05, 0) is 32.8 Å². The number of rotatable bonds is 31. The first-order valence-corrected chi connectivity index (χ1v) is 21.2. The fraction of sp³-hybridized carbons (Fsp3) is 0.525. The van der Waals surface area contributed by atoms with Crippen molar-refractivity contribution in [1.82, 2.24) is 58.5 Å². The summed E-state index contributed by atoms with van der Waals surface area (Å²) in [5, 5.41) is 71.4. The Morgan fingerprint density at radius 2 is 0.829 bits per heavy atom. The van der Waals surface area contributed by atoms with Crippen LogP contribution in [-0.4, -0.2) is 197 Å². The van der Waals surface area contributed by atoms with E-state index < -0.39 is 184 Å². The molecule has 1 aromatic rings. The number of aliphatic hydroxyl groups excluding tert-OH is 3. The maximum Gasteiger partial charge on any atom is 0.326 e. The Bertz CT molecular complexity index is 2040. The van der Waals surface area contributed by atoms with Crippen LogP contribution in [0.25, 0.3) is 0 Å². The van der Waals surface area contributed by atoms with Crippen LogP contribution in [0.15, 0.2) is 30.3 Å². The number of aliphatic carboxylic acids is 2. The van der Waals surface area contributed by atoms with Crippen molar-refractivity contribution in [2.45, 2.75) is 88.4 Å². The van der Waals surface area contributed by atoms with Gasteiger partial charge >= 0.3 is 11.9 Å². The van der Waals surface area contributed by atoms with Crippen LogP contribution in [0, 0.1) is 0 Å². The molecule has 8 atom stereocenters. The van der Waals surface area contributed by atoms with Crippen molar-refractivity contribution < 1.29 is 87.9 Å². The van der Waals surface area contributed by atoms with Crippen molar-refractivity contribution in [1.29, 1.82) is 0 Å². The van der Waals surface area contributed by atoms with Gasteiger partial charge in [0.05, 0.1) is 46.0 Å².